The van der Waals surface area contributed by atoms with Crippen LogP contribution in [0, 0.1) is 13.8 Å². The molecule has 37 heavy (non-hydrogen) atoms. The van der Waals surface area contributed by atoms with E-state index in [0.29, 0.717) is 42.7 Å². The topological polar surface area (TPSA) is 75.6 Å². The molecule has 0 N–H and O–H groups in total. The maximum Gasteiger partial charge on any atom is 0.243 e. The third-order valence-corrected chi connectivity index (χ3v) is 8.28. The Bertz CT molecular complexity index is 1510. The number of aromatic nitrogens is 2. The lowest BCUT2D eigenvalue weighted by molar-refractivity contribution is 0.369. The van der Waals surface area contributed by atoms with E-state index in [1.807, 2.05) is 74.3 Å². The molecule has 190 valence electrons. The van der Waals surface area contributed by atoms with Crippen molar-refractivity contribution in [1.29, 1.82) is 0 Å². The minimum Gasteiger partial charge on any atom is -0.439 e. The van der Waals surface area contributed by atoms with Crippen LogP contribution >= 0.6 is 0 Å². The van der Waals surface area contributed by atoms with Crippen LogP contribution < -0.4 is 9.64 Å². The summed E-state index contributed by atoms with van der Waals surface area (Å²) in [4.78, 5) is 11.9. The molecule has 0 bridgehead atoms. The molecule has 0 saturated heterocycles. The molecular weight excluding hydrogens is 484 g/mol. The summed E-state index contributed by atoms with van der Waals surface area (Å²) in [5.74, 6) is 1.56. The van der Waals surface area contributed by atoms with Crippen molar-refractivity contribution < 1.29 is 13.2 Å². The minimum absolute atomic E-state index is 0.148. The van der Waals surface area contributed by atoms with E-state index in [-0.39, 0.29) is 11.4 Å². The van der Waals surface area contributed by atoms with Gasteiger partial charge in [0.15, 0.2) is 0 Å². The highest BCUT2D eigenvalue weighted by Gasteiger charge is 2.32. The van der Waals surface area contributed by atoms with Crippen LogP contribution in [-0.4, -0.2) is 36.3 Å². The Labute approximate surface area is 218 Å². The third kappa shape index (κ3) is 5.50. The summed E-state index contributed by atoms with van der Waals surface area (Å²) < 4.78 is 34.7. The molecule has 5 rings (SSSR count). The number of sulfonamides is 1. The van der Waals surface area contributed by atoms with Crippen LogP contribution in [0.4, 0.5) is 5.95 Å². The van der Waals surface area contributed by atoms with Crippen LogP contribution in [0.5, 0.6) is 11.6 Å². The van der Waals surface area contributed by atoms with E-state index >= 15 is 0 Å². The second-order valence-electron chi connectivity index (χ2n) is 9.42. The summed E-state index contributed by atoms with van der Waals surface area (Å²) in [7, 11) is -1.73. The van der Waals surface area contributed by atoms with Crippen molar-refractivity contribution in [3.63, 3.8) is 0 Å². The number of hydrogen-bond donors (Lipinski definition) is 0. The first-order valence-electron chi connectivity index (χ1n) is 12.3. The molecule has 3 aromatic carbocycles. The quantitative estimate of drug-likeness (QED) is 0.335. The molecule has 2 heterocycles. The summed E-state index contributed by atoms with van der Waals surface area (Å²) in [6, 6.07) is 24.8. The van der Waals surface area contributed by atoms with Gasteiger partial charge in [0.05, 0.1) is 16.2 Å². The number of nitrogens with zero attached hydrogens (tertiary/aromatic N) is 4. The molecule has 1 aromatic heterocycles. The molecule has 4 aromatic rings. The van der Waals surface area contributed by atoms with Crippen molar-refractivity contribution in [1.82, 2.24) is 14.3 Å². The number of anilines is 1. The lowest BCUT2D eigenvalue weighted by Gasteiger charge is -2.29. The van der Waals surface area contributed by atoms with Crippen molar-refractivity contribution >= 4 is 16.0 Å². The summed E-state index contributed by atoms with van der Waals surface area (Å²) in [6.45, 7) is 5.03. The van der Waals surface area contributed by atoms with Gasteiger partial charge in [-0.05, 0) is 49.2 Å². The summed E-state index contributed by atoms with van der Waals surface area (Å²) in [5.41, 5.74) is 4.66. The third-order valence-electron chi connectivity index (χ3n) is 6.44. The van der Waals surface area contributed by atoms with Gasteiger partial charge in [-0.2, -0.15) is 9.29 Å². The molecule has 0 saturated carbocycles. The van der Waals surface area contributed by atoms with Gasteiger partial charge in [0.2, 0.25) is 21.9 Å². The predicted octanol–water partition coefficient (Wildman–Crippen LogP) is 5.27. The van der Waals surface area contributed by atoms with Crippen LogP contribution in [0.3, 0.4) is 0 Å². The fourth-order valence-corrected chi connectivity index (χ4v) is 5.89. The maximum atomic E-state index is 13.5. The van der Waals surface area contributed by atoms with E-state index in [1.54, 1.807) is 18.2 Å². The molecule has 0 radical (unpaired) electrons. The van der Waals surface area contributed by atoms with Crippen LogP contribution in [-0.2, 0) is 29.5 Å². The maximum absolute atomic E-state index is 13.5. The van der Waals surface area contributed by atoms with Gasteiger partial charge < -0.3 is 9.64 Å². The molecule has 0 unspecified atom stereocenters. The van der Waals surface area contributed by atoms with Gasteiger partial charge in [0.1, 0.15) is 5.75 Å². The Hall–Kier alpha value is -3.75. The monoisotopic (exact) mass is 514 g/mol. The Morgan fingerprint density at radius 3 is 2.41 bits per heavy atom. The lowest BCUT2D eigenvalue weighted by Crippen LogP contribution is -2.37. The molecule has 8 heteroatoms. The average Bonchev–Trinajstić information content (AvgIpc) is 2.90. The zero-order valence-electron chi connectivity index (χ0n) is 21.3. The smallest absolute Gasteiger partial charge is 0.243 e. The molecule has 1 aliphatic rings. The second-order valence-corrected chi connectivity index (χ2v) is 11.4. The normalized spacial score (nSPS) is 13.7. The van der Waals surface area contributed by atoms with Gasteiger partial charge in [-0.3, -0.25) is 0 Å². The molecule has 7 nitrogen and oxygen atoms in total. The predicted molar refractivity (Wildman–Crippen MR) is 144 cm³/mol. The number of aryl methyl sites for hydroxylation is 2. The minimum atomic E-state index is -3.68. The standard InChI is InChI=1S/C29H30N4O3S/c1-21-12-14-24(15-13-21)36-28-26-20-33(37(34,35)25-11-7-8-22(2)18-25)17-16-27(26)30-29(31-28)32(3)19-23-9-5-4-6-10-23/h4-15,18H,16-17,19-20H2,1-3H3. The van der Waals surface area contributed by atoms with Crippen molar-refractivity contribution in [2.75, 3.05) is 18.5 Å². The van der Waals surface area contributed by atoms with Crippen LogP contribution in [0.15, 0.2) is 83.8 Å². The zero-order valence-corrected chi connectivity index (χ0v) is 22.1. The van der Waals surface area contributed by atoms with E-state index in [9.17, 15) is 8.42 Å². The van der Waals surface area contributed by atoms with Gasteiger partial charge in [-0.15, -0.1) is 0 Å². The van der Waals surface area contributed by atoms with E-state index in [4.69, 9.17) is 14.7 Å². The number of fused-ring (bicyclic) bond motifs is 1. The Morgan fingerprint density at radius 1 is 0.919 bits per heavy atom. The van der Waals surface area contributed by atoms with Gasteiger partial charge >= 0.3 is 0 Å². The van der Waals surface area contributed by atoms with Crippen molar-refractivity contribution in [3.8, 4) is 11.6 Å². The summed E-state index contributed by atoms with van der Waals surface area (Å²) in [5, 5.41) is 0. The largest absolute Gasteiger partial charge is 0.439 e. The van der Waals surface area contributed by atoms with Gasteiger partial charge in [-0.1, -0.05) is 60.2 Å². The van der Waals surface area contributed by atoms with E-state index in [1.165, 1.54) is 4.31 Å². The van der Waals surface area contributed by atoms with Crippen molar-refractivity contribution in [2.24, 2.45) is 0 Å². The molecule has 0 spiro atoms. The van der Waals surface area contributed by atoms with Gasteiger partial charge in [0.25, 0.3) is 0 Å². The van der Waals surface area contributed by atoms with Crippen molar-refractivity contribution in [2.45, 2.75) is 38.3 Å². The van der Waals surface area contributed by atoms with E-state index in [0.717, 1.165) is 22.4 Å². The summed E-state index contributed by atoms with van der Waals surface area (Å²) in [6.07, 6.45) is 0.472. The SMILES string of the molecule is Cc1ccc(Oc2nc(N(C)Cc3ccccc3)nc3c2CN(S(=O)(=O)c2cccc(C)c2)CC3)cc1. The number of rotatable bonds is 7. The highest BCUT2D eigenvalue weighted by molar-refractivity contribution is 7.89. The summed E-state index contributed by atoms with van der Waals surface area (Å²) >= 11 is 0. The van der Waals surface area contributed by atoms with Gasteiger partial charge in [-0.25, -0.2) is 13.4 Å². The lowest BCUT2D eigenvalue weighted by atomic mass is 10.1. The highest BCUT2D eigenvalue weighted by Crippen LogP contribution is 2.33. The average molecular weight is 515 g/mol. The number of ether oxygens (including phenoxy) is 1. The first-order chi connectivity index (χ1) is 17.8. The Balaban J connectivity index is 1.50. The molecular formula is C29H30N4O3S. The fourth-order valence-electron chi connectivity index (χ4n) is 4.38. The first-order valence-corrected chi connectivity index (χ1v) is 13.7. The van der Waals surface area contributed by atoms with Crippen molar-refractivity contribution in [3.05, 3.63) is 107 Å². The molecule has 0 aliphatic carbocycles. The van der Waals surface area contributed by atoms with E-state index in [2.05, 4.69) is 12.1 Å². The zero-order chi connectivity index (χ0) is 26.0. The Kier molecular flexibility index (Phi) is 6.95. The Morgan fingerprint density at radius 2 is 1.68 bits per heavy atom. The van der Waals surface area contributed by atoms with Crippen LogP contribution in [0.25, 0.3) is 0 Å². The van der Waals surface area contributed by atoms with Gasteiger partial charge in [0, 0.05) is 33.1 Å². The molecule has 0 atom stereocenters. The number of benzene rings is 3. The molecule has 0 amide bonds. The molecule has 1 aliphatic heterocycles. The van der Waals surface area contributed by atoms with E-state index < -0.39 is 10.0 Å². The number of hydrogen-bond acceptors (Lipinski definition) is 6. The van der Waals surface area contributed by atoms with Crippen LogP contribution in [0.2, 0.25) is 0 Å². The second kappa shape index (κ2) is 10.3. The molecule has 0 fully saturated rings. The first kappa shape index (κ1) is 24.9. The fraction of sp³-hybridized carbons (Fsp3) is 0.241. The van der Waals surface area contributed by atoms with Crippen LogP contribution in [0.1, 0.15) is 27.9 Å². The highest BCUT2D eigenvalue weighted by atomic mass is 32.2.